The van der Waals surface area contributed by atoms with Crippen molar-refractivity contribution in [2.45, 2.75) is 0 Å². The predicted molar refractivity (Wildman–Crippen MR) is 27.0 cm³/mol. The van der Waals surface area contributed by atoms with Gasteiger partial charge in [-0.1, -0.05) is 0 Å². The summed E-state index contributed by atoms with van der Waals surface area (Å²) in [5.41, 5.74) is 0. The van der Waals surface area contributed by atoms with Crippen LogP contribution in [0.25, 0.3) is 0 Å². The van der Waals surface area contributed by atoms with Crippen molar-refractivity contribution >= 4 is 66.6 Å². The zero-order chi connectivity index (χ0) is 0. The molecule has 0 aliphatic heterocycles. The van der Waals surface area contributed by atoms with E-state index in [0.717, 1.165) is 0 Å². The molecule has 0 atom stereocenters. The number of hydrogen-bond donors (Lipinski definition) is 0. The van der Waals surface area contributed by atoms with Gasteiger partial charge in [-0.25, -0.2) is 0 Å². The van der Waals surface area contributed by atoms with E-state index in [1.165, 1.54) is 0 Å². The summed E-state index contributed by atoms with van der Waals surface area (Å²) in [4.78, 5) is 0. The second-order valence-corrected chi connectivity index (χ2v) is 0. The van der Waals surface area contributed by atoms with Crippen LogP contribution in [0, 0.1) is 0 Å². The van der Waals surface area contributed by atoms with Crippen molar-refractivity contribution in [1.82, 2.24) is 0 Å². The molecule has 1 radical (unpaired) electrons. The standard InChI is InChI=1S/Cu.In.H2Se.H2Te.3H/h;;2*1H2;;;. The minimum absolute atomic E-state index is 0. The quantitative estimate of drug-likeness (QED) is 0.386. The molecule has 0 aromatic rings. The molecule has 33 valence electrons. The molecule has 0 saturated carbocycles. The van der Waals surface area contributed by atoms with Crippen LogP contribution in [-0.2, 0) is 17.1 Å². The molecule has 0 N–H and O–H groups in total. The number of hydrogen-bond acceptors (Lipinski definition) is 0. The van der Waals surface area contributed by atoms with E-state index in [1.807, 2.05) is 0 Å². The molecule has 0 unspecified atom stereocenters. The van der Waals surface area contributed by atoms with Crippen LogP contribution in [-0.4, -0.2) is 66.6 Å². The normalized spacial score (nSPS) is 0. The van der Waals surface area contributed by atoms with Crippen molar-refractivity contribution in [2.24, 2.45) is 0 Å². The van der Waals surface area contributed by atoms with Crippen LogP contribution in [0.4, 0.5) is 0 Å². The molecule has 4 heteroatoms. The maximum absolute atomic E-state index is 0. The van der Waals surface area contributed by atoms with E-state index in [4.69, 9.17) is 0 Å². The van der Waals surface area contributed by atoms with E-state index in [1.54, 1.807) is 0 Å². The topological polar surface area (TPSA) is 0 Å². The van der Waals surface area contributed by atoms with Gasteiger partial charge in [-0.15, -0.1) is 0 Å². The molecule has 0 aliphatic rings. The van der Waals surface area contributed by atoms with Gasteiger partial charge in [-0.2, -0.15) is 0 Å². The molecule has 4 heavy (non-hydrogen) atoms. The van der Waals surface area contributed by atoms with Crippen molar-refractivity contribution < 1.29 is 17.1 Å². The van der Waals surface area contributed by atoms with Crippen LogP contribution in [0.15, 0.2) is 0 Å². The summed E-state index contributed by atoms with van der Waals surface area (Å²) in [6.45, 7) is 0. The molecule has 0 spiro atoms. The van der Waals surface area contributed by atoms with Crippen molar-refractivity contribution in [3.63, 3.8) is 0 Å². The van der Waals surface area contributed by atoms with Gasteiger partial charge in [0.05, 0.1) is 0 Å². The Morgan fingerprint density at radius 1 is 1.00 bits per heavy atom. The Balaban J connectivity index is 0. The zero-order valence-electron chi connectivity index (χ0n) is 1.30. The predicted octanol–water partition coefficient (Wildman–Crippen LogP) is -3.02. The van der Waals surface area contributed by atoms with Gasteiger partial charge in [0.1, 0.15) is 0 Å². The van der Waals surface area contributed by atoms with E-state index < -0.39 is 0 Å². The fourth-order valence-corrected chi connectivity index (χ4v) is 0. The molecule has 0 aromatic carbocycles. The van der Waals surface area contributed by atoms with Gasteiger partial charge in [0.2, 0.25) is 0 Å². The summed E-state index contributed by atoms with van der Waals surface area (Å²) < 4.78 is 0. The van der Waals surface area contributed by atoms with Crippen LogP contribution in [0.5, 0.6) is 0 Å². The summed E-state index contributed by atoms with van der Waals surface area (Å²) >= 11 is 0. The van der Waals surface area contributed by atoms with Crippen LogP contribution >= 0.6 is 0 Å². The summed E-state index contributed by atoms with van der Waals surface area (Å²) in [7, 11) is 0. The first-order valence-corrected chi connectivity index (χ1v) is 0. The van der Waals surface area contributed by atoms with Gasteiger partial charge >= 0.3 is 66.6 Å². The van der Waals surface area contributed by atoms with Crippen LogP contribution in [0.1, 0.15) is 0 Å². The summed E-state index contributed by atoms with van der Waals surface area (Å²) in [5, 5.41) is 0. The summed E-state index contributed by atoms with van der Waals surface area (Å²) in [5.74, 6) is 0. The van der Waals surface area contributed by atoms with Crippen LogP contribution in [0.2, 0.25) is 0 Å². The van der Waals surface area contributed by atoms with E-state index in [0.29, 0.717) is 0 Å². The molecular formula is H7CuInSeTe. The van der Waals surface area contributed by atoms with E-state index >= 15 is 0 Å². The Morgan fingerprint density at radius 2 is 1.00 bits per heavy atom. The molecule has 0 rings (SSSR count). The fraction of sp³-hybridized carbons (Fsp3) is 0. The number of rotatable bonds is 0. The van der Waals surface area contributed by atoms with Gasteiger partial charge in [-0.05, 0) is 0 Å². The average Bonchev–Trinajstić information content (AvgIpc) is 0. The third-order valence-electron chi connectivity index (χ3n) is 0. The van der Waals surface area contributed by atoms with Gasteiger partial charge < -0.3 is 0 Å². The molecule has 0 aliphatic carbocycles. The van der Waals surface area contributed by atoms with Gasteiger partial charge in [0, 0.05) is 17.1 Å². The molecule has 0 saturated heterocycles. The maximum atomic E-state index is 0. The van der Waals surface area contributed by atoms with Crippen LogP contribution in [0.3, 0.4) is 0 Å². The van der Waals surface area contributed by atoms with Crippen LogP contribution < -0.4 is 0 Å². The third-order valence-corrected chi connectivity index (χ3v) is 0. The van der Waals surface area contributed by atoms with Crippen molar-refractivity contribution in [2.75, 3.05) is 0 Å². The summed E-state index contributed by atoms with van der Waals surface area (Å²) in [6, 6.07) is 0. The molecule has 0 heterocycles. The fourth-order valence-electron chi connectivity index (χ4n) is 0. The molecule has 0 amide bonds. The van der Waals surface area contributed by atoms with Gasteiger partial charge in [0.25, 0.3) is 0 Å². The monoisotopic (exact) mass is 395 g/mol. The third kappa shape index (κ3) is 8.83. The Morgan fingerprint density at radius 3 is 1.00 bits per heavy atom. The molecule has 0 fully saturated rings. The first-order chi connectivity index (χ1) is 0. The average molecular weight is 392 g/mol. The molecule has 0 nitrogen and oxygen atoms in total. The first-order valence-electron chi connectivity index (χ1n) is 0. The second-order valence-electron chi connectivity index (χ2n) is 0. The van der Waals surface area contributed by atoms with Crippen molar-refractivity contribution in [1.29, 1.82) is 0 Å². The zero-order valence-corrected chi connectivity index (χ0v) is 7.20. The molecule has 0 bridgehead atoms. The Hall–Kier alpha value is 2.70. The first kappa shape index (κ1) is 29.9. The van der Waals surface area contributed by atoms with Gasteiger partial charge in [-0.3, -0.25) is 0 Å². The van der Waals surface area contributed by atoms with Crippen molar-refractivity contribution in [3.8, 4) is 0 Å². The Bertz CT molecular complexity index is 8.00. The van der Waals surface area contributed by atoms with E-state index in [2.05, 4.69) is 0 Å². The Labute approximate surface area is 82.3 Å². The molecular weight excluding hydrogens is 385 g/mol. The summed E-state index contributed by atoms with van der Waals surface area (Å²) in [6.07, 6.45) is 0. The Kier molecular flexibility index (Phi) is 129. The van der Waals surface area contributed by atoms with E-state index in [-0.39, 0.29) is 83.6 Å². The molecule has 0 aromatic heterocycles. The SMILES string of the molecule is [Cu].[InH3].[SeH2].[TeH2]. The van der Waals surface area contributed by atoms with E-state index in [9.17, 15) is 0 Å². The van der Waals surface area contributed by atoms with Crippen molar-refractivity contribution in [3.05, 3.63) is 0 Å². The van der Waals surface area contributed by atoms with Gasteiger partial charge in [0.15, 0.2) is 0 Å². The minimum atomic E-state index is 0. The second kappa shape index (κ2) is 17.3.